The summed E-state index contributed by atoms with van der Waals surface area (Å²) in [5.74, 6) is 0. The van der Waals surface area contributed by atoms with Crippen molar-refractivity contribution in [1.82, 2.24) is 14.5 Å². The van der Waals surface area contributed by atoms with Crippen LogP contribution < -0.4 is 0 Å². The monoisotopic (exact) mass is 303 g/mol. The predicted octanol–water partition coefficient (Wildman–Crippen LogP) is 3.86. The molecule has 4 aromatic rings. The zero-order valence-electron chi connectivity index (χ0n) is 13.4. The molecule has 2 heterocycles. The maximum absolute atomic E-state index is 11.1. The minimum absolute atomic E-state index is 0.286. The van der Waals surface area contributed by atoms with E-state index in [0.29, 0.717) is 0 Å². The Morgan fingerprint density at radius 3 is 2.39 bits per heavy atom. The first-order valence-corrected chi connectivity index (χ1v) is 7.69. The van der Waals surface area contributed by atoms with E-state index in [2.05, 4.69) is 45.0 Å². The quantitative estimate of drug-likeness (QED) is 0.528. The zero-order valence-corrected chi connectivity index (χ0v) is 13.4. The molecule has 4 heteroatoms. The van der Waals surface area contributed by atoms with Crippen molar-refractivity contribution in [3.8, 4) is 0 Å². The molecule has 2 aromatic heterocycles. The molecule has 0 aliphatic heterocycles. The molecule has 0 fully saturated rings. The zero-order chi connectivity index (χ0) is 16.1. The van der Waals surface area contributed by atoms with E-state index in [0.717, 1.165) is 39.4 Å². The van der Waals surface area contributed by atoms with Crippen LogP contribution in [-0.4, -0.2) is 20.8 Å². The molecule has 114 valence electrons. The molecule has 0 unspecified atom stereocenters. The Balaban J connectivity index is 2.21. The highest BCUT2D eigenvalue weighted by Gasteiger charge is 2.14. The van der Waals surface area contributed by atoms with Gasteiger partial charge in [-0.1, -0.05) is 11.6 Å². The van der Waals surface area contributed by atoms with Crippen LogP contribution in [0.1, 0.15) is 16.7 Å². The number of aromatic nitrogens is 3. The lowest BCUT2D eigenvalue weighted by atomic mass is 10.1. The molecule has 4 rings (SSSR count). The van der Waals surface area contributed by atoms with Gasteiger partial charge in [-0.25, -0.2) is 9.97 Å². The maximum Gasteiger partial charge on any atom is 0.160 e. The lowest BCUT2D eigenvalue weighted by molar-refractivity contribution is -0.108. The number of carbonyl (C=O) groups excluding carboxylic acids is 1. The molecule has 0 aliphatic carbocycles. The van der Waals surface area contributed by atoms with Crippen LogP contribution in [0.15, 0.2) is 30.3 Å². The van der Waals surface area contributed by atoms with E-state index < -0.39 is 0 Å². The summed E-state index contributed by atoms with van der Waals surface area (Å²) in [5.41, 5.74) is 7.97. The third-order valence-electron chi connectivity index (χ3n) is 4.47. The first-order chi connectivity index (χ1) is 11.1. The molecule has 0 atom stereocenters. The van der Waals surface area contributed by atoms with Crippen LogP contribution in [0, 0.1) is 20.8 Å². The number of aldehydes is 1. The fourth-order valence-corrected chi connectivity index (χ4v) is 3.12. The summed E-state index contributed by atoms with van der Waals surface area (Å²) >= 11 is 0. The van der Waals surface area contributed by atoms with Gasteiger partial charge in [0.25, 0.3) is 0 Å². The van der Waals surface area contributed by atoms with Crippen molar-refractivity contribution in [1.29, 1.82) is 0 Å². The number of hydrogen-bond acceptors (Lipinski definition) is 3. The normalized spacial score (nSPS) is 11.6. The third kappa shape index (κ3) is 2.02. The maximum atomic E-state index is 11.1. The number of aryl methyl sites for hydroxylation is 3. The molecule has 0 radical (unpaired) electrons. The SMILES string of the molecule is Cc1ccc2c(c1)c1nc3cc(C)c(C)cc3nc1n2CC=O. The van der Waals surface area contributed by atoms with Crippen molar-refractivity contribution in [3.63, 3.8) is 0 Å². The van der Waals surface area contributed by atoms with E-state index in [1.807, 2.05) is 10.6 Å². The lowest BCUT2D eigenvalue weighted by Crippen LogP contribution is -2.00. The number of rotatable bonds is 2. The second-order valence-electron chi connectivity index (χ2n) is 6.12. The number of fused-ring (bicyclic) bond motifs is 4. The molecular formula is C19H17N3O. The Labute approximate surface area is 133 Å². The van der Waals surface area contributed by atoms with Crippen LogP contribution in [0.3, 0.4) is 0 Å². The predicted molar refractivity (Wildman–Crippen MR) is 92.8 cm³/mol. The van der Waals surface area contributed by atoms with Crippen molar-refractivity contribution in [3.05, 3.63) is 47.0 Å². The summed E-state index contributed by atoms with van der Waals surface area (Å²) in [6, 6.07) is 10.3. The summed E-state index contributed by atoms with van der Waals surface area (Å²) in [6.07, 6.45) is 0.908. The van der Waals surface area contributed by atoms with Gasteiger partial charge in [-0.3, -0.25) is 0 Å². The molecule has 0 N–H and O–H groups in total. The third-order valence-corrected chi connectivity index (χ3v) is 4.47. The summed E-state index contributed by atoms with van der Waals surface area (Å²) < 4.78 is 1.94. The summed E-state index contributed by atoms with van der Waals surface area (Å²) in [5, 5.41) is 1.05. The second kappa shape index (κ2) is 4.88. The van der Waals surface area contributed by atoms with Gasteiger partial charge >= 0.3 is 0 Å². The van der Waals surface area contributed by atoms with Gasteiger partial charge in [-0.2, -0.15) is 0 Å². The smallest absolute Gasteiger partial charge is 0.160 e. The second-order valence-corrected chi connectivity index (χ2v) is 6.12. The van der Waals surface area contributed by atoms with Gasteiger partial charge in [0.15, 0.2) is 5.65 Å². The van der Waals surface area contributed by atoms with Crippen LogP contribution in [0.5, 0.6) is 0 Å². The van der Waals surface area contributed by atoms with Gasteiger partial charge < -0.3 is 9.36 Å². The van der Waals surface area contributed by atoms with Gasteiger partial charge in [0.05, 0.1) is 23.1 Å². The average molecular weight is 303 g/mol. The summed E-state index contributed by atoms with van der Waals surface area (Å²) in [4.78, 5) is 20.8. The lowest BCUT2D eigenvalue weighted by Gasteiger charge is -2.05. The molecule has 0 bridgehead atoms. The van der Waals surface area contributed by atoms with E-state index in [1.54, 1.807) is 0 Å². The highest BCUT2D eigenvalue weighted by molar-refractivity contribution is 6.07. The van der Waals surface area contributed by atoms with Crippen molar-refractivity contribution in [2.24, 2.45) is 0 Å². The van der Waals surface area contributed by atoms with Crippen LogP contribution in [0.4, 0.5) is 0 Å². The summed E-state index contributed by atoms with van der Waals surface area (Å²) in [6.45, 7) is 6.50. The molecule has 0 aliphatic rings. The average Bonchev–Trinajstić information content (AvgIpc) is 2.80. The van der Waals surface area contributed by atoms with Gasteiger partial charge in [-0.05, 0) is 56.2 Å². The fraction of sp³-hybridized carbons (Fsp3) is 0.211. The number of benzene rings is 2. The van der Waals surface area contributed by atoms with E-state index in [-0.39, 0.29) is 6.54 Å². The van der Waals surface area contributed by atoms with Crippen molar-refractivity contribution in [2.75, 3.05) is 0 Å². The van der Waals surface area contributed by atoms with E-state index in [4.69, 9.17) is 9.97 Å². The van der Waals surface area contributed by atoms with Crippen molar-refractivity contribution >= 4 is 39.4 Å². The molecule has 23 heavy (non-hydrogen) atoms. The van der Waals surface area contributed by atoms with Crippen LogP contribution >= 0.6 is 0 Å². The number of nitrogens with zero attached hydrogens (tertiary/aromatic N) is 3. The van der Waals surface area contributed by atoms with Crippen LogP contribution in [0.25, 0.3) is 33.1 Å². The Morgan fingerprint density at radius 1 is 1.00 bits per heavy atom. The highest BCUT2D eigenvalue weighted by Crippen LogP contribution is 2.29. The number of hydrogen-bond donors (Lipinski definition) is 0. The largest absolute Gasteiger partial charge is 0.317 e. The molecule has 4 nitrogen and oxygen atoms in total. The summed E-state index contributed by atoms with van der Waals surface area (Å²) in [7, 11) is 0. The highest BCUT2D eigenvalue weighted by atomic mass is 16.1. The van der Waals surface area contributed by atoms with E-state index in [1.165, 1.54) is 16.7 Å². The van der Waals surface area contributed by atoms with E-state index >= 15 is 0 Å². The van der Waals surface area contributed by atoms with Crippen molar-refractivity contribution < 1.29 is 4.79 Å². The van der Waals surface area contributed by atoms with E-state index in [9.17, 15) is 4.79 Å². The Bertz CT molecular complexity index is 1090. The van der Waals surface area contributed by atoms with Gasteiger partial charge in [0.1, 0.15) is 11.8 Å². The topological polar surface area (TPSA) is 47.8 Å². The molecule has 0 amide bonds. The fourth-order valence-electron chi connectivity index (χ4n) is 3.12. The Kier molecular flexibility index (Phi) is 2.94. The van der Waals surface area contributed by atoms with Crippen LogP contribution in [0.2, 0.25) is 0 Å². The molecule has 0 spiro atoms. The van der Waals surface area contributed by atoms with Crippen molar-refractivity contribution in [2.45, 2.75) is 27.3 Å². The first kappa shape index (κ1) is 13.9. The first-order valence-electron chi connectivity index (χ1n) is 7.69. The Hall–Kier alpha value is -2.75. The molecule has 0 saturated heterocycles. The Morgan fingerprint density at radius 2 is 1.70 bits per heavy atom. The van der Waals surface area contributed by atoms with Gasteiger partial charge in [-0.15, -0.1) is 0 Å². The van der Waals surface area contributed by atoms with Gasteiger partial charge in [0, 0.05) is 5.39 Å². The minimum Gasteiger partial charge on any atom is -0.317 e. The van der Waals surface area contributed by atoms with Crippen LogP contribution in [-0.2, 0) is 11.3 Å². The standard InChI is InChI=1S/C19H17N3O/c1-11-4-5-17-14(8-11)18-19(22(17)6-7-23)21-16-10-13(3)12(2)9-15(16)20-18/h4-5,7-10H,6H2,1-3H3. The number of carbonyl (C=O) groups is 1. The minimum atomic E-state index is 0.286. The molecule has 2 aromatic carbocycles. The van der Waals surface area contributed by atoms with Gasteiger partial charge in [0.2, 0.25) is 0 Å². The molecule has 0 saturated carbocycles. The molecular weight excluding hydrogens is 286 g/mol.